The van der Waals surface area contributed by atoms with Gasteiger partial charge in [0.1, 0.15) is 17.6 Å². The molecule has 0 heterocycles. The quantitative estimate of drug-likeness (QED) is 0.0735. The number of hydrazine groups is 1. The van der Waals surface area contributed by atoms with E-state index in [-0.39, 0.29) is 11.7 Å². The number of anilines is 2. The first kappa shape index (κ1) is 28.4. The fourth-order valence-corrected chi connectivity index (χ4v) is 3.15. The lowest BCUT2D eigenvalue weighted by Crippen LogP contribution is -2.43. The van der Waals surface area contributed by atoms with E-state index < -0.39 is 6.04 Å². The van der Waals surface area contributed by atoms with Crippen LogP contribution in [0, 0.1) is 5.41 Å². The molecule has 0 saturated heterocycles. The summed E-state index contributed by atoms with van der Waals surface area (Å²) in [5, 5.41) is 14.2. The van der Waals surface area contributed by atoms with Crippen LogP contribution in [-0.2, 0) is 9.53 Å². The minimum atomic E-state index is -0.727. The van der Waals surface area contributed by atoms with Gasteiger partial charge in [0.25, 0.3) is 5.91 Å². The maximum absolute atomic E-state index is 13.4. The average Bonchev–Trinajstić information content (AvgIpc) is 2.88. The molecule has 0 spiro atoms. The van der Waals surface area contributed by atoms with Crippen molar-refractivity contribution in [2.45, 2.75) is 32.9 Å². The summed E-state index contributed by atoms with van der Waals surface area (Å²) >= 11 is 0. The van der Waals surface area contributed by atoms with Crippen LogP contribution in [0.4, 0.5) is 11.4 Å². The molecule has 0 saturated carbocycles. The molecule has 36 heavy (non-hydrogen) atoms. The van der Waals surface area contributed by atoms with Gasteiger partial charge in [0.15, 0.2) is 0 Å². The molecule has 0 aliphatic rings. The van der Waals surface area contributed by atoms with Crippen molar-refractivity contribution >= 4 is 23.1 Å². The third kappa shape index (κ3) is 9.81. The van der Waals surface area contributed by atoms with Crippen molar-refractivity contribution in [1.29, 1.82) is 5.41 Å². The van der Waals surface area contributed by atoms with E-state index in [9.17, 15) is 4.79 Å². The lowest BCUT2D eigenvalue weighted by atomic mass is 10.0. The number of carbonyl (C=O) groups is 1. The number of amidine groups is 1. The first-order valence-electron chi connectivity index (χ1n) is 11.9. The smallest absolute Gasteiger partial charge is 0.265 e. The van der Waals surface area contributed by atoms with Crippen LogP contribution in [0.25, 0.3) is 0 Å². The second-order valence-electron chi connectivity index (χ2n) is 8.24. The number of ether oxygens (including phenoxy) is 2. The number of hydrogen-bond donors (Lipinski definition) is 6. The first-order valence-corrected chi connectivity index (χ1v) is 11.9. The summed E-state index contributed by atoms with van der Waals surface area (Å²) in [6, 6.07) is 13.9. The van der Waals surface area contributed by atoms with Crippen molar-refractivity contribution in [3.63, 3.8) is 0 Å². The summed E-state index contributed by atoms with van der Waals surface area (Å²) < 4.78 is 10.7. The van der Waals surface area contributed by atoms with Crippen LogP contribution >= 0.6 is 0 Å². The zero-order valence-electron chi connectivity index (χ0n) is 21.4. The third-order valence-electron chi connectivity index (χ3n) is 5.12. The molecule has 1 atom stereocenters. The molecule has 0 aliphatic heterocycles. The summed E-state index contributed by atoms with van der Waals surface area (Å²) in [6.07, 6.45) is 5.79. The van der Waals surface area contributed by atoms with Crippen LogP contribution in [0.5, 0.6) is 5.75 Å². The lowest BCUT2D eigenvalue weighted by Gasteiger charge is -2.22. The van der Waals surface area contributed by atoms with Crippen LogP contribution in [0.3, 0.4) is 0 Å². The van der Waals surface area contributed by atoms with Crippen LogP contribution in [0.2, 0.25) is 0 Å². The highest BCUT2D eigenvalue weighted by Gasteiger charge is 2.22. The van der Waals surface area contributed by atoms with Crippen molar-refractivity contribution in [2.75, 3.05) is 37.6 Å². The molecule has 0 fully saturated rings. The van der Waals surface area contributed by atoms with Gasteiger partial charge in [0.2, 0.25) is 0 Å². The Labute approximate surface area is 213 Å². The number of methoxy groups -OCH3 is 1. The number of hydrogen-bond acceptors (Lipinski definition) is 7. The van der Waals surface area contributed by atoms with Gasteiger partial charge in [0, 0.05) is 30.4 Å². The molecule has 9 heteroatoms. The lowest BCUT2D eigenvalue weighted by molar-refractivity contribution is -0.120. The number of benzene rings is 2. The highest BCUT2D eigenvalue weighted by molar-refractivity contribution is 5.95. The Morgan fingerprint density at radius 2 is 1.75 bits per heavy atom. The minimum Gasteiger partial charge on any atom is -0.497 e. The zero-order valence-corrected chi connectivity index (χ0v) is 21.4. The molecule has 0 aromatic heterocycles. The molecule has 194 valence electrons. The molecule has 0 radical (unpaired) electrons. The molecule has 0 aliphatic carbocycles. The molecule has 1 unspecified atom stereocenters. The van der Waals surface area contributed by atoms with E-state index in [0.717, 1.165) is 11.3 Å². The summed E-state index contributed by atoms with van der Waals surface area (Å²) in [6.45, 7) is 7.68. The number of nitrogen functional groups attached to an aromatic ring is 1. The minimum absolute atomic E-state index is 0.0163. The van der Waals surface area contributed by atoms with Crippen molar-refractivity contribution in [2.24, 2.45) is 5.73 Å². The largest absolute Gasteiger partial charge is 0.497 e. The fourth-order valence-electron chi connectivity index (χ4n) is 3.15. The van der Waals surface area contributed by atoms with Crippen molar-refractivity contribution in [3.8, 4) is 5.75 Å². The Bertz CT molecular complexity index is 1020. The highest BCUT2D eigenvalue weighted by atomic mass is 16.5. The summed E-state index contributed by atoms with van der Waals surface area (Å²) in [5.41, 5.74) is 14.1. The molecule has 1 amide bonds. The number of nitrogens with one attached hydrogen (secondary N) is 5. The normalized spacial score (nSPS) is 12.4. The second-order valence-corrected chi connectivity index (χ2v) is 8.24. The van der Waals surface area contributed by atoms with E-state index in [2.05, 4.69) is 35.3 Å². The summed E-state index contributed by atoms with van der Waals surface area (Å²) in [5.74, 6) is 0.421. The van der Waals surface area contributed by atoms with Gasteiger partial charge in [-0.2, -0.15) is 0 Å². The molecule has 2 aromatic carbocycles. The van der Waals surface area contributed by atoms with E-state index in [4.69, 9.17) is 20.6 Å². The van der Waals surface area contributed by atoms with E-state index in [1.807, 2.05) is 37.3 Å². The predicted octanol–water partition coefficient (Wildman–Crippen LogP) is 3.42. The van der Waals surface area contributed by atoms with E-state index in [1.54, 1.807) is 43.5 Å². The van der Waals surface area contributed by atoms with Crippen LogP contribution in [0.15, 0.2) is 72.3 Å². The highest BCUT2D eigenvalue weighted by Crippen LogP contribution is 2.17. The Morgan fingerprint density at radius 1 is 1.08 bits per heavy atom. The van der Waals surface area contributed by atoms with Gasteiger partial charge in [-0.15, -0.1) is 0 Å². The zero-order chi connectivity index (χ0) is 26.3. The van der Waals surface area contributed by atoms with Crippen molar-refractivity contribution in [3.05, 3.63) is 77.9 Å². The molecule has 0 bridgehead atoms. The van der Waals surface area contributed by atoms with Gasteiger partial charge >= 0.3 is 0 Å². The monoisotopic (exact) mass is 494 g/mol. The van der Waals surface area contributed by atoms with Crippen molar-refractivity contribution < 1.29 is 14.3 Å². The van der Waals surface area contributed by atoms with Gasteiger partial charge < -0.3 is 25.8 Å². The van der Waals surface area contributed by atoms with Gasteiger partial charge in [0.05, 0.1) is 19.4 Å². The summed E-state index contributed by atoms with van der Waals surface area (Å²) in [7, 11) is 1.60. The fraction of sp³-hybridized carbons (Fsp3) is 0.333. The predicted molar refractivity (Wildman–Crippen MR) is 146 cm³/mol. The Morgan fingerprint density at radius 3 is 2.33 bits per heavy atom. The number of amides is 1. The van der Waals surface area contributed by atoms with Gasteiger partial charge in [-0.1, -0.05) is 32.1 Å². The van der Waals surface area contributed by atoms with E-state index in [0.29, 0.717) is 42.7 Å². The van der Waals surface area contributed by atoms with Crippen LogP contribution in [0.1, 0.15) is 26.3 Å². The number of nitrogens with two attached hydrogens (primary N) is 1. The van der Waals surface area contributed by atoms with Gasteiger partial charge in [-0.25, -0.2) is 0 Å². The van der Waals surface area contributed by atoms with Gasteiger partial charge in [-0.05, 0) is 61.0 Å². The maximum Gasteiger partial charge on any atom is 0.265 e. The molecular formula is C27H38N6O3. The molecule has 9 nitrogen and oxygen atoms in total. The number of carbonyl (C=O) groups excluding carboxylic acids is 1. The maximum atomic E-state index is 13.4. The Balaban J connectivity index is 2.28. The average molecular weight is 495 g/mol. The first-order chi connectivity index (χ1) is 17.3. The molecule has 2 rings (SSSR count). The molecular weight excluding hydrogens is 456 g/mol. The third-order valence-corrected chi connectivity index (χ3v) is 5.12. The van der Waals surface area contributed by atoms with E-state index >= 15 is 0 Å². The molecule has 7 N–H and O–H groups in total. The second kappa shape index (κ2) is 15.2. The Kier molecular flexibility index (Phi) is 12.0. The standard InChI is InChI=1S/C27H38N6O3/c1-5-36-18-16-20(7-6-17-30-19(2)3)25(31-22-10-8-21(9-11-22)26(28)29)27(34)33-32-23-12-14-24(35-4)15-13-23/h6-16,19,25,30-32H,5,17-18H2,1-4H3,(H3,28,29)(H,33,34)/b7-6-,20-16+. The molecule has 2 aromatic rings. The van der Waals surface area contributed by atoms with Crippen molar-refractivity contribution in [1.82, 2.24) is 10.7 Å². The van der Waals surface area contributed by atoms with E-state index in [1.165, 1.54) is 0 Å². The van der Waals surface area contributed by atoms with Gasteiger partial charge in [-0.3, -0.25) is 21.1 Å². The summed E-state index contributed by atoms with van der Waals surface area (Å²) in [4.78, 5) is 13.4. The SMILES string of the molecule is CCOC/C=C(\C=C/CNC(C)C)C(Nc1ccc(C(=N)N)cc1)C(=O)NNc1ccc(OC)cc1. The topological polar surface area (TPSA) is 134 Å². The Hall–Kier alpha value is -3.82. The van der Waals surface area contributed by atoms with Crippen LogP contribution in [-0.4, -0.2) is 50.7 Å². The van der Waals surface area contributed by atoms with Crippen LogP contribution < -0.4 is 32.0 Å². The number of rotatable bonds is 15.